The van der Waals surface area contributed by atoms with Crippen LogP contribution in [0, 0.1) is 23.7 Å². The van der Waals surface area contributed by atoms with E-state index in [9.17, 15) is 4.79 Å². The van der Waals surface area contributed by atoms with Gasteiger partial charge in [0.2, 0.25) is 0 Å². The van der Waals surface area contributed by atoms with Gasteiger partial charge in [0, 0.05) is 46.8 Å². The summed E-state index contributed by atoms with van der Waals surface area (Å²) in [5.41, 5.74) is 5.28. The summed E-state index contributed by atoms with van der Waals surface area (Å²) < 4.78 is 17.1. The number of allylic oxidation sites excluding steroid dienone is 2. The Balaban J connectivity index is 2.21. The van der Waals surface area contributed by atoms with Crippen molar-refractivity contribution in [1.29, 1.82) is 5.26 Å². The van der Waals surface area contributed by atoms with Crippen molar-refractivity contribution in [2.75, 3.05) is 20.3 Å². The number of ether oxygens (including phenoxy) is 3. The van der Waals surface area contributed by atoms with E-state index in [1.54, 1.807) is 13.2 Å². The summed E-state index contributed by atoms with van der Waals surface area (Å²) in [7, 11) is 1.57. The maximum Gasteiger partial charge on any atom is 0.336 e. The fraction of sp³-hybridized carbons (Fsp3) is 0.360. The van der Waals surface area contributed by atoms with Gasteiger partial charge in [-0.2, -0.15) is 5.26 Å². The quantitative estimate of drug-likeness (QED) is 0.387. The Morgan fingerprint density at radius 1 is 1.31 bits per heavy atom. The first-order valence-electron chi connectivity index (χ1n) is 10.4. The van der Waals surface area contributed by atoms with Gasteiger partial charge >= 0.3 is 5.97 Å². The monoisotopic (exact) mass is 433 g/mol. The molecule has 32 heavy (non-hydrogen) atoms. The van der Waals surface area contributed by atoms with E-state index in [2.05, 4.69) is 16.6 Å². The van der Waals surface area contributed by atoms with E-state index in [4.69, 9.17) is 25.9 Å². The summed E-state index contributed by atoms with van der Waals surface area (Å²) in [5, 5.41) is 15.5. The second kappa shape index (κ2) is 10.1. The van der Waals surface area contributed by atoms with Crippen molar-refractivity contribution in [2.24, 2.45) is 0 Å². The van der Waals surface area contributed by atoms with Crippen molar-refractivity contribution in [2.45, 2.75) is 39.3 Å². The zero-order chi connectivity index (χ0) is 23.3. The molecule has 0 radical (unpaired) electrons. The highest BCUT2D eigenvalue weighted by molar-refractivity contribution is 5.93. The van der Waals surface area contributed by atoms with E-state index in [-0.39, 0.29) is 13.0 Å². The van der Waals surface area contributed by atoms with Crippen LogP contribution in [0.25, 0.3) is 0 Å². The summed E-state index contributed by atoms with van der Waals surface area (Å²) in [6.45, 7) is 6.23. The van der Waals surface area contributed by atoms with Crippen molar-refractivity contribution in [3.05, 3.63) is 63.6 Å². The van der Waals surface area contributed by atoms with E-state index in [1.165, 1.54) is 0 Å². The normalized spacial score (nSPS) is 19.6. The van der Waals surface area contributed by atoms with Crippen LogP contribution >= 0.6 is 0 Å². The number of nitriles is 1. The van der Waals surface area contributed by atoms with Gasteiger partial charge in [-0.1, -0.05) is 12.0 Å². The van der Waals surface area contributed by atoms with Gasteiger partial charge in [0.15, 0.2) is 6.23 Å². The fourth-order valence-corrected chi connectivity index (χ4v) is 4.02. The van der Waals surface area contributed by atoms with Crippen molar-refractivity contribution >= 4 is 5.97 Å². The number of rotatable bonds is 7. The molecule has 2 atom stereocenters. The SMILES string of the molecule is C#Cc1ccc(C2C(C(=O)OCCC#N)=C(C)NC3=C2C(OCC)NC=C3C)c(OC)c1. The number of terminal acetylenes is 1. The van der Waals surface area contributed by atoms with Gasteiger partial charge in [0.1, 0.15) is 12.4 Å². The maximum absolute atomic E-state index is 13.2. The number of hydrogen-bond donors (Lipinski definition) is 2. The Morgan fingerprint density at radius 3 is 2.75 bits per heavy atom. The van der Waals surface area contributed by atoms with Crippen molar-refractivity contribution < 1.29 is 19.0 Å². The van der Waals surface area contributed by atoms with Gasteiger partial charge in [-0.25, -0.2) is 4.79 Å². The molecule has 7 heteroatoms. The number of dihydropyridines is 2. The van der Waals surface area contributed by atoms with Crippen LogP contribution in [0.15, 0.2) is 52.5 Å². The number of methoxy groups -OCH3 is 1. The number of carbonyl (C=O) groups excluding carboxylic acids is 1. The Hall–Kier alpha value is -3.68. The first-order valence-corrected chi connectivity index (χ1v) is 10.4. The lowest BCUT2D eigenvalue weighted by Gasteiger charge is -2.39. The largest absolute Gasteiger partial charge is 0.496 e. The third-order valence-corrected chi connectivity index (χ3v) is 5.44. The zero-order valence-electron chi connectivity index (χ0n) is 18.7. The number of nitrogens with zero attached hydrogens (tertiary/aromatic N) is 1. The molecule has 0 amide bonds. The molecule has 0 saturated heterocycles. The third kappa shape index (κ3) is 4.34. The first kappa shape index (κ1) is 23.0. The van der Waals surface area contributed by atoms with Gasteiger partial charge in [0.05, 0.1) is 25.2 Å². The predicted octanol–water partition coefficient (Wildman–Crippen LogP) is 3.22. The molecule has 0 fully saturated rings. The van der Waals surface area contributed by atoms with E-state index in [0.717, 1.165) is 22.4 Å². The van der Waals surface area contributed by atoms with Crippen LogP contribution in [0.3, 0.4) is 0 Å². The minimum atomic E-state index is -0.504. The number of hydrogen-bond acceptors (Lipinski definition) is 7. The summed E-state index contributed by atoms with van der Waals surface area (Å²) in [5.74, 6) is 2.19. The third-order valence-electron chi connectivity index (χ3n) is 5.44. The van der Waals surface area contributed by atoms with Crippen LogP contribution in [0.2, 0.25) is 0 Å². The standard InChI is InChI=1S/C25H27N3O4/c1-6-17-9-10-18(19(13-17)30-5)21-20(25(29)32-12-8-11-26)16(4)28-23-15(3)14-27-24(22(21)23)31-7-2/h1,9-10,13-14,21,24,27-28H,7-8,12H2,2-5H3. The molecule has 3 rings (SSSR count). The zero-order valence-corrected chi connectivity index (χ0v) is 18.7. The van der Waals surface area contributed by atoms with Gasteiger partial charge in [0.25, 0.3) is 0 Å². The summed E-state index contributed by atoms with van der Waals surface area (Å²) in [6.07, 6.45) is 7.14. The van der Waals surface area contributed by atoms with E-state index >= 15 is 0 Å². The molecule has 2 unspecified atom stereocenters. The molecule has 1 aromatic rings. The molecule has 2 aliphatic rings. The van der Waals surface area contributed by atoms with Crippen LogP contribution in [0.5, 0.6) is 5.75 Å². The second-order valence-electron chi connectivity index (χ2n) is 7.40. The summed E-state index contributed by atoms with van der Waals surface area (Å²) >= 11 is 0. The van der Waals surface area contributed by atoms with Crippen LogP contribution < -0.4 is 15.4 Å². The molecule has 1 aromatic carbocycles. The van der Waals surface area contributed by atoms with E-state index in [1.807, 2.05) is 45.2 Å². The lowest BCUT2D eigenvalue weighted by Crippen LogP contribution is -2.43. The van der Waals surface area contributed by atoms with Crippen LogP contribution in [0.4, 0.5) is 0 Å². The smallest absolute Gasteiger partial charge is 0.336 e. The molecule has 2 heterocycles. The molecule has 2 aliphatic heterocycles. The molecule has 0 saturated carbocycles. The fourth-order valence-electron chi connectivity index (χ4n) is 4.02. The molecule has 166 valence electrons. The molecule has 2 N–H and O–H groups in total. The maximum atomic E-state index is 13.2. The molecule has 0 bridgehead atoms. The van der Waals surface area contributed by atoms with Crippen molar-refractivity contribution in [3.8, 4) is 24.2 Å². The van der Waals surface area contributed by atoms with Gasteiger partial charge in [-0.15, -0.1) is 6.42 Å². The average Bonchev–Trinajstić information content (AvgIpc) is 2.80. The average molecular weight is 434 g/mol. The Labute approximate surface area is 188 Å². The highest BCUT2D eigenvalue weighted by atomic mass is 16.5. The number of carbonyl (C=O) groups is 1. The topological polar surface area (TPSA) is 92.6 Å². The first-order chi connectivity index (χ1) is 15.5. The number of esters is 1. The minimum Gasteiger partial charge on any atom is -0.496 e. The lowest BCUT2D eigenvalue weighted by atomic mass is 9.77. The molecule has 0 spiro atoms. The van der Waals surface area contributed by atoms with Crippen LogP contribution in [-0.4, -0.2) is 32.5 Å². The molecule has 0 aliphatic carbocycles. The van der Waals surface area contributed by atoms with Crippen LogP contribution in [-0.2, 0) is 14.3 Å². The van der Waals surface area contributed by atoms with Gasteiger partial charge in [-0.05, 0) is 38.5 Å². The predicted molar refractivity (Wildman–Crippen MR) is 120 cm³/mol. The molecule has 0 aromatic heterocycles. The summed E-state index contributed by atoms with van der Waals surface area (Å²) in [4.78, 5) is 13.2. The highest BCUT2D eigenvalue weighted by Gasteiger charge is 2.41. The summed E-state index contributed by atoms with van der Waals surface area (Å²) in [6, 6.07) is 7.47. The second-order valence-corrected chi connectivity index (χ2v) is 7.40. The van der Waals surface area contributed by atoms with E-state index < -0.39 is 18.1 Å². The van der Waals surface area contributed by atoms with E-state index in [0.29, 0.717) is 29.2 Å². The Bertz CT molecular complexity index is 1090. The highest BCUT2D eigenvalue weighted by Crippen LogP contribution is 2.46. The van der Waals surface area contributed by atoms with Gasteiger partial charge in [-0.3, -0.25) is 0 Å². The van der Waals surface area contributed by atoms with Crippen LogP contribution in [0.1, 0.15) is 44.2 Å². The van der Waals surface area contributed by atoms with Crippen molar-refractivity contribution in [1.82, 2.24) is 10.6 Å². The number of benzene rings is 1. The Kier molecular flexibility index (Phi) is 7.25. The minimum absolute atomic E-state index is 0.0178. The number of nitrogens with one attached hydrogen (secondary N) is 2. The Morgan fingerprint density at radius 2 is 2.09 bits per heavy atom. The van der Waals surface area contributed by atoms with Crippen molar-refractivity contribution in [3.63, 3.8) is 0 Å². The molecular weight excluding hydrogens is 406 g/mol. The molecule has 7 nitrogen and oxygen atoms in total. The van der Waals surface area contributed by atoms with Gasteiger partial charge < -0.3 is 24.8 Å². The lowest BCUT2D eigenvalue weighted by molar-refractivity contribution is -0.139. The molecular formula is C25H27N3O4.